The minimum absolute atomic E-state index is 0.310. The molecule has 0 saturated heterocycles. The van der Waals surface area contributed by atoms with Crippen molar-refractivity contribution in [3.63, 3.8) is 0 Å². The largest absolute Gasteiger partial charge is 0.396 e. The zero-order valence-corrected chi connectivity index (χ0v) is 7.42. The molecule has 0 unspecified atom stereocenters. The fraction of sp³-hybridized carbons (Fsp3) is 1.00. The summed E-state index contributed by atoms with van der Waals surface area (Å²) in [5.41, 5.74) is 5.36. The minimum Gasteiger partial charge on any atom is -0.396 e. The van der Waals surface area contributed by atoms with Crippen LogP contribution in [0.25, 0.3) is 0 Å². The minimum atomic E-state index is 0.310. The van der Waals surface area contributed by atoms with Crippen molar-refractivity contribution in [2.75, 3.05) is 33.3 Å². The Labute approximate surface area is 69.2 Å². The zero-order chi connectivity index (χ0) is 8.53. The number of nitrogens with zero attached hydrogens (tertiary/aromatic N) is 1. The SMILES string of the molecule is CN(CCCN)CCCCO. The van der Waals surface area contributed by atoms with Crippen LogP contribution in [0.2, 0.25) is 0 Å². The van der Waals surface area contributed by atoms with Crippen molar-refractivity contribution in [3.8, 4) is 0 Å². The van der Waals surface area contributed by atoms with Crippen molar-refractivity contribution >= 4 is 0 Å². The van der Waals surface area contributed by atoms with Crippen LogP contribution < -0.4 is 5.73 Å². The summed E-state index contributed by atoms with van der Waals surface area (Å²) in [4.78, 5) is 2.25. The van der Waals surface area contributed by atoms with Gasteiger partial charge >= 0.3 is 0 Å². The number of aliphatic hydroxyl groups excluding tert-OH is 1. The van der Waals surface area contributed by atoms with Gasteiger partial charge in [0.1, 0.15) is 0 Å². The maximum Gasteiger partial charge on any atom is 0.0431 e. The fourth-order valence-electron chi connectivity index (χ4n) is 0.967. The van der Waals surface area contributed by atoms with Crippen molar-refractivity contribution in [2.45, 2.75) is 19.3 Å². The third-order valence-electron chi connectivity index (χ3n) is 1.69. The van der Waals surface area contributed by atoms with Crippen LogP contribution in [-0.2, 0) is 0 Å². The summed E-state index contributed by atoms with van der Waals surface area (Å²) >= 11 is 0. The number of nitrogens with two attached hydrogens (primary N) is 1. The van der Waals surface area contributed by atoms with Gasteiger partial charge in [-0.1, -0.05) is 0 Å². The Hall–Kier alpha value is -0.120. The van der Waals surface area contributed by atoms with E-state index >= 15 is 0 Å². The summed E-state index contributed by atoms with van der Waals surface area (Å²) in [6.45, 7) is 3.22. The lowest BCUT2D eigenvalue weighted by Gasteiger charge is -2.14. The molecule has 0 heterocycles. The van der Waals surface area contributed by atoms with Gasteiger partial charge in [0.2, 0.25) is 0 Å². The van der Waals surface area contributed by atoms with Crippen molar-refractivity contribution in [1.82, 2.24) is 4.90 Å². The van der Waals surface area contributed by atoms with Gasteiger partial charge in [0.15, 0.2) is 0 Å². The van der Waals surface area contributed by atoms with Crippen LogP contribution in [-0.4, -0.2) is 43.3 Å². The Balaban J connectivity index is 3.02. The molecule has 0 atom stereocenters. The molecule has 0 amide bonds. The summed E-state index contributed by atoms with van der Waals surface area (Å²) in [5, 5.41) is 8.52. The number of rotatable bonds is 7. The van der Waals surface area contributed by atoms with E-state index in [9.17, 15) is 0 Å². The van der Waals surface area contributed by atoms with Crippen molar-refractivity contribution in [2.24, 2.45) is 5.73 Å². The Morgan fingerprint density at radius 2 is 1.82 bits per heavy atom. The lowest BCUT2D eigenvalue weighted by Crippen LogP contribution is -2.23. The second-order valence-corrected chi connectivity index (χ2v) is 2.88. The van der Waals surface area contributed by atoms with Crippen LogP contribution in [0.3, 0.4) is 0 Å². The summed E-state index contributed by atoms with van der Waals surface area (Å²) in [5.74, 6) is 0. The summed E-state index contributed by atoms with van der Waals surface area (Å²) in [6, 6.07) is 0. The fourth-order valence-corrected chi connectivity index (χ4v) is 0.967. The van der Waals surface area contributed by atoms with Crippen molar-refractivity contribution in [3.05, 3.63) is 0 Å². The smallest absolute Gasteiger partial charge is 0.0431 e. The van der Waals surface area contributed by atoms with Crippen LogP contribution in [0.1, 0.15) is 19.3 Å². The van der Waals surface area contributed by atoms with Gasteiger partial charge < -0.3 is 15.7 Å². The number of unbranched alkanes of at least 4 members (excludes halogenated alkanes) is 1. The van der Waals surface area contributed by atoms with Gasteiger partial charge in [0.05, 0.1) is 0 Å². The molecular weight excluding hydrogens is 140 g/mol. The maximum absolute atomic E-state index is 8.52. The predicted molar refractivity (Wildman–Crippen MR) is 47.5 cm³/mol. The first-order chi connectivity index (χ1) is 5.31. The van der Waals surface area contributed by atoms with Crippen LogP contribution in [0, 0.1) is 0 Å². The third kappa shape index (κ3) is 7.78. The average molecular weight is 160 g/mol. The lowest BCUT2D eigenvalue weighted by molar-refractivity contribution is 0.263. The summed E-state index contributed by atoms with van der Waals surface area (Å²) in [7, 11) is 2.09. The molecule has 0 aromatic rings. The molecule has 0 aliphatic heterocycles. The first kappa shape index (κ1) is 10.9. The second-order valence-electron chi connectivity index (χ2n) is 2.88. The normalized spacial score (nSPS) is 10.9. The van der Waals surface area contributed by atoms with Gasteiger partial charge in [0.25, 0.3) is 0 Å². The maximum atomic E-state index is 8.52. The van der Waals surface area contributed by atoms with E-state index in [1.165, 1.54) is 0 Å². The molecule has 3 heteroatoms. The lowest BCUT2D eigenvalue weighted by atomic mass is 10.3. The van der Waals surface area contributed by atoms with E-state index in [0.717, 1.165) is 38.9 Å². The van der Waals surface area contributed by atoms with Crippen molar-refractivity contribution < 1.29 is 5.11 Å². The summed E-state index contributed by atoms with van der Waals surface area (Å²) < 4.78 is 0. The molecule has 0 rings (SSSR count). The molecule has 11 heavy (non-hydrogen) atoms. The van der Waals surface area contributed by atoms with Gasteiger partial charge in [-0.2, -0.15) is 0 Å². The predicted octanol–water partition coefficient (Wildman–Crippen LogP) is 0.0395. The zero-order valence-electron chi connectivity index (χ0n) is 7.42. The molecule has 0 radical (unpaired) electrons. The van der Waals surface area contributed by atoms with Gasteiger partial charge in [0, 0.05) is 6.61 Å². The van der Waals surface area contributed by atoms with Crippen molar-refractivity contribution in [1.29, 1.82) is 0 Å². The molecule has 3 nitrogen and oxygen atoms in total. The van der Waals surface area contributed by atoms with Gasteiger partial charge in [-0.15, -0.1) is 0 Å². The Morgan fingerprint density at radius 3 is 2.36 bits per heavy atom. The van der Waals surface area contributed by atoms with E-state index < -0.39 is 0 Å². The number of hydrogen-bond acceptors (Lipinski definition) is 3. The number of aliphatic hydroxyl groups is 1. The summed E-state index contributed by atoms with van der Waals surface area (Å²) in [6.07, 6.45) is 3.06. The molecular formula is C8H20N2O. The Kier molecular flexibility index (Phi) is 7.89. The monoisotopic (exact) mass is 160 g/mol. The molecule has 0 bridgehead atoms. The van der Waals surface area contributed by atoms with Gasteiger partial charge in [-0.05, 0) is 45.9 Å². The highest BCUT2D eigenvalue weighted by Crippen LogP contribution is 1.92. The first-order valence-electron chi connectivity index (χ1n) is 4.30. The first-order valence-corrected chi connectivity index (χ1v) is 4.30. The van der Waals surface area contributed by atoms with E-state index in [-0.39, 0.29) is 0 Å². The highest BCUT2D eigenvalue weighted by Gasteiger charge is 1.95. The second kappa shape index (κ2) is 7.98. The van der Waals surface area contributed by atoms with E-state index in [2.05, 4.69) is 11.9 Å². The molecule has 3 N–H and O–H groups in total. The van der Waals surface area contributed by atoms with Crippen LogP contribution in [0.5, 0.6) is 0 Å². The molecule has 68 valence electrons. The average Bonchev–Trinajstić information content (AvgIpc) is 2.01. The van der Waals surface area contributed by atoms with Gasteiger partial charge in [-0.25, -0.2) is 0 Å². The molecule has 0 aliphatic rings. The van der Waals surface area contributed by atoms with E-state index in [0.29, 0.717) is 6.61 Å². The highest BCUT2D eigenvalue weighted by atomic mass is 16.2. The standard InChI is InChI=1S/C8H20N2O/c1-10(7-4-5-9)6-2-3-8-11/h11H,2-9H2,1H3. The Bertz CT molecular complexity index is 78.5. The van der Waals surface area contributed by atoms with Crippen LogP contribution >= 0.6 is 0 Å². The molecule has 0 fully saturated rings. The molecule has 0 aromatic carbocycles. The van der Waals surface area contributed by atoms with Gasteiger partial charge in [-0.3, -0.25) is 0 Å². The molecule has 0 spiro atoms. The van der Waals surface area contributed by atoms with E-state index in [1.807, 2.05) is 0 Å². The van der Waals surface area contributed by atoms with E-state index in [1.54, 1.807) is 0 Å². The molecule has 0 aliphatic carbocycles. The third-order valence-corrected chi connectivity index (χ3v) is 1.69. The highest BCUT2D eigenvalue weighted by molar-refractivity contribution is 4.51. The van der Waals surface area contributed by atoms with E-state index in [4.69, 9.17) is 10.8 Å². The topological polar surface area (TPSA) is 49.5 Å². The molecule has 0 saturated carbocycles. The Morgan fingerprint density at radius 1 is 1.18 bits per heavy atom. The van der Waals surface area contributed by atoms with Crippen LogP contribution in [0.15, 0.2) is 0 Å². The van der Waals surface area contributed by atoms with Crippen LogP contribution in [0.4, 0.5) is 0 Å². The quantitative estimate of drug-likeness (QED) is 0.517. The number of hydrogen-bond donors (Lipinski definition) is 2. The molecule has 0 aromatic heterocycles.